The van der Waals surface area contributed by atoms with Crippen molar-refractivity contribution in [1.82, 2.24) is 5.32 Å². The van der Waals surface area contributed by atoms with Crippen molar-refractivity contribution >= 4 is 18.5 Å². The Morgan fingerprint density at radius 1 is 1.50 bits per heavy atom. The second-order valence-electron chi connectivity index (χ2n) is 3.57. The van der Waals surface area contributed by atoms with Gasteiger partial charge in [0.1, 0.15) is 5.75 Å². The van der Waals surface area contributed by atoms with E-state index in [1.165, 1.54) is 0 Å². The van der Waals surface area contributed by atoms with Gasteiger partial charge in [0.05, 0.1) is 7.11 Å². The SMILES string of the molecule is COc1ccc(C)cc1CNC(=O)CCS. The Morgan fingerprint density at radius 2 is 2.25 bits per heavy atom. The van der Waals surface area contributed by atoms with Gasteiger partial charge in [-0.2, -0.15) is 12.6 Å². The number of methoxy groups -OCH3 is 1. The average molecular weight is 239 g/mol. The Bertz CT molecular complexity index is 366. The van der Waals surface area contributed by atoms with Gasteiger partial charge in [0, 0.05) is 18.5 Å². The molecule has 0 radical (unpaired) electrons. The van der Waals surface area contributed by atoms with Gasteiger partial charge in [-0.25, -0.2) is 0 Å². The molecule has 0 bridgehead atoms. The number of thiol groups is 1. The predicted molar refractivity (Wildman–Crippen MR) is 68.0 cm³/mol. The molecular formula is C12H17NO2S. The minimum Gasteiger partial charge on any atom is -0.496 e. The van der Waals surface area contributed by atoms with Gasteiger partial charge < -0.3 is 10.1 Å². The molecule has 88 valence electrons. The first-order valence-electron chi connectivity index (χ1n) is 5.18. The van der Waals surface area contributed by atoms with Crippen molar-refractivity contribution in [1.29, 1.82) is 0 Å². The summed E-state index contributed by atoms with van der Waals surface area (Å²) in [4.78, 5) is 11.3. The topological polar surface area (TPSA) is 38.3 Å². The number of amides is 1. The highest BCUT2D eigenvalue weighted by atomic mass is 32.1. The van der Waals surface area contributed by atoms with E-state index in [2.05, 4.69) is 17.9 Å². The first-order valence-corrected chi connectivity index (χ1v) is 5.81. The maximum Gasteiger partial charge on any atom is 0.221 e. The summed E-state index contributed by atoms with van der Waals surface area (Å²) in [5, 5.41) is 2.83. The highest BCUT2D eigenvalue weighted by Crippen LogP contribution is 2.19. The van der Waals surface area contributed by atoms with Crippen molar-refractivity contribution in [3.63, 3.8) is 0 Å². The standard InChI is InChI=1S/C12H17NO2S/c1-9-3-4-11(15-2)10(7-9)8-13-12(14)5-6-16/h3-4,7,16H,5-6,8H2,1-2H3,(H,13,14). The summed E-state index contributed by atoms with van der Waals surface area (Å²) in [6.07, 6.45) is 0.442. The Balaban J connectivity index is 2.65. The van der Waals surface area contributed by atoms with E-state index in [0.29, 0.717) is 18.7 Å². The van der Waals surface area contributed by atoms with Crippen LogP contribution in [0.25, 0.3) is 0 Å². The third-order valence-corrected chi connectivity index (χ3v) is 2.47. The predicted octanol–water partition coefficient (Wildman–Crippen LogP) is 1.94. The second-order valence-corrected chi connectivity index (χ2v) is 4.01. The molecule has 16 heavy (non-hydrogen) atoms. The van der Waals surface area contributed by atoms with Crippen molar-refractivity contribution in [2.75, 3.05) is 12.9 Å². The number of aryl methyl sites for hydroxylation is 1. The number of benzene rings is 1. The Hall–Kier alpha value is -1.16. The molecule has 0 saturated carbocycles. The van der Waals surface area contributed by atoms with Crippen LogP contribution in [0.1, 0.15) is 17.5 Å². The summed E-state index contributed by atoms with van der Waals surface area (Å²) in [5.74, 6) is 1.38. The molecule has 0 aliphatic carbocycles. The van der Waals surface area contributed by atoms with Crippen LogP contribution < -0.4 is 10.1 Å². The highest BCUT2D eigenvalue weighted by Gasteiger charge is 2.05. The number of ether oxygens (including phenoxy) is 1. The number of carbonyl (C=O) groups is 1. The van der Waals surface area contributed by atoms with E-state index in [9.17, 15) is 4.79 Å². The van der Waals surface area contributed by atoms with E-state index in [1.807, 2.05) is 25.1 Å². The van der Waals surface area contributed by atoms with Gasteiger partial charge in [0.25, 0.3) is 0 Å². The summed E-state index contributed by atoms with van der Waals surface area (Å²) in [7, 11) is 1.63. The Morgan fingerprint density at radius 3 is 2.88 bits per heavy atom. The molecule has 0 heterocycles. The lowest BCUT2D eigenvalue weighted by Crippen LogP contribution is -2.23. The van der Waals surface area contributed by atoms with Crippen LogP contribution in [0.5, 0.6) is 5.75 Å². The van der Waals surface area contributed by atoms with Gasteiger partial charge in [-0.1, -0.05) is 17.7 Å². The Labute approximate surface area is 102 Å². The number of nitrogens with one attached hydrogen (secondary N) is 1. The van der Waals surface area contributed by atoms with Gasteiger partial charge in [-0.15, -0.1) is 0 Å². The smallest absolute Gasteiger partial charge is 0.221 e. The molecule has 1 aromatic rings. The zero-order valence-corrected chi connectivity index (χ0v) is 10.5. The van der Waals surface area contributed by atoms with E-state index in [-0.39, 0.29) is 5.91 Å². The molecule has 0 unspecified atom stereocenters. The van der Waals surface area contributed by atoms with Gasteiger partial charge in [0.15, 0.2) is 0 Å². The molecule has 0 aromatic heterocycles. The average Bonchev–Trinajstić information content (AvgIpc) is 2.27. The van der Waals surface area contributed by atoms with Crippen molar-refractivity contribution in [2.45, 2.75) is 19.9 Å². The normalized spacial score (nSPS) is 9.94. The molecule has 0 aliphatic heterocycles. The van der Waals surface area contributed by atoms with Gasteiger partial charge in [-0.3, -0.25) is 4.79 Å². The van der Waals surface area contributed by atoms with Crippen LogP contribution in [-0.2, 0) is 11.3 Å². The number of hydrogen-bond acceptors (Lipinski definition) is 3. The zero-order valence-electron chi connectivity index (χ0n) is 9.62. The van der Waals surface area contributed by atoms with Crippen LogP contribution in [-0.4, -0.2) is 18.8 Å². The number of rotatable bonds is 5. The van der Waals surface area contributed by atoms with E-state index in [4.69, 9.17) is 4.74 Å². The monoisotopic (exact) mass is 239 g/mol. The first kappa shape index (κ1) is 12.9. The third-order valence-electron chi connectivity index (χ3n) is 2.25. The molecule has 3 nitrogen and oxygen atoms in total. The van der Waals surface area contributed by atoms with Crippen LogP contribution in [0.3, 0.4) is 0 Å². The molecule has 1 amide bonds. The van der Waals surface area contributed by atoms with E-state index in [0.717, 1.165) is 16.9 Å². The summed E-state index contributed by atoms with van der Waals surface area (Å²) >= 11 is 4.01. The molecule has 1 aromatic carbocycles. The van der Waals surface area contributed by atoms with Crippen LogP contribution in [0, 0.1) is 6.92 Å². The van der Waals surface area contributed by atoms with Gasteiger partial charge in [0.2, 0.25) is 5.91 Å². The summed E-state index contributed by atoms with van der Waals surface area (Å²) in [6, 6.07) is 5.91. The maximum atomic E-state index is 11.3. The molecule has 1 rings (SSSR count). The van der Waals surface area contributed by atoms with E-state index < -0.39 is 0 Å². The molecule has 0 fully saturated rings. The summed E-state index contributed by atoms with van der Waals surface area (Å²) in [6.45, 7) is 2.51. The Kier molecular flexibility index (Phi) is 5.19. The molecule has 0 spiro atoms. The lowest BCUT2D eigenvalue weighted by Gasteiger charge is -2.10. The minimum absolute atomic E-state index is 0.0126. The quantitative estimate of drug-likeness (QED) is 0.771. The molecular weight excluding hydrogens is 222 g/mol. The first-order chi connectivity index (χ1) is 7.67. The van der Waals surface area contributed by atoms with Crippen LogP contribution in [0.15, 0.2) is 18.2 Å². The van der Waals surface area contributed by atoms with Crippen molar-refractivity contribution in [2.24, 2.45) is 0 Å². The van der Waals surface area contributed by atoms with Crippen molar-refractivity contribution in [3.05, 3.63) is 29.3 Å². The second kappa shape index (κ2) is 6.43. The lowest BCUT2D eigenvalue weighted by molar-refractivity contribution is -0.120. The number of carbonyl (C=O) groups excluding carboxylic acids is 1. The minimum atomic E-state index is 0.0126. The van der Waals surface area contributed by atoms with Crippen molar-refractivity contribution < 1.29 is 9.53 Å². The highest BCUT2D eigenvalue weighted by molar-refractivity contribution is 7.80. The fourth-order valence-corrected chi connectivity index (χ4v) is 1.63. The zero-order chi connectivity index (χ0) is 12.0. The van der Waals surface area contributed by atoms with Gasteiger partial charge in [-0.05, 0) is 18.7 Å². The fourth-order valence-electron chi connectivity index (χ4n) is 1.43. The lowest BCUT2D eigenvalue weighted by atomic mass is 10.1. The molecule has 0 saturated heterocycles. The molecule has 4 heteroatoms. The maximum absolute atomic E-state index is 11.3. The van der Waals surface area contributed by atoms with Crippen LogP contribution >= 0.6 is 12.6 Å². The van der Waals surface area contributed by atoms with E-state index in [1.54, 1.807) is 7.11 Å². The summed E-state index contributed by atoms with van der Waals surface area (Å²) < 4.78 is 5.23. The fraction of sp³-hybridized carbons (Fsp3) is 0.417. The van der Waals surface area contributed by atoms with E-state index >= 15 is 0 Å². The summed E-state index contributed by atoms with van der Waals surface area (Å²) in [5.41, 5.74) is 2.15. The molecule has 1 N–H and O–H groups in total. The largest absolute Gasteiger partial charge is 0.496 e. The van der Waals surface area contributed by atoms with Crippen LogP contribution in [0.4, 0.5) is 0 Å². The third kappa shape index (κ3) is 3.77. The molecule has 0 atom stereocenters. The van der Waals surface area contributed by atoms with Crippen molar-refractivity contribution in [3.8, 4) is 5.75 Å². The number of hydrogen-bond donors (Lipinski definition) is 2. The van der Waals surface area contributed by atoms with Crippen LogP contribution in [0.2, 0.25) is 0 Å². The van der Waals surface area contributed by atoms with Gasteiger partial charge >= 0.3 is 0 Å². The molecule has 0 aliphatic rings.